The molecule has 1 N–H and O–H groups in total. The summed E-state index contributed by atoms with van der Waals surface area (Å²) in [6, 6.07) is 24.0. The van der Waals surface area contributed by atoms with Crippen LogP contribution in [0, 0.1) is 5.82 Å². The Morgan fingerprint density at radius 2 is 1.10 bits per heavy atom. The Morgan fingerprint density at radius 1 is 0.659 bits per heavy atom. The molecule has 0 unspecified atom stereocenters. The third-order valence-electron chi connectivity index (χ3n) is 5.87. The van der Waals surface area contributed by atoms with Crippen molar-refractivity contribution in [3.63, 3.8) is 0 Å². The second kappa shape index (κ2) is 14.4. The summed E-state index contributed by atoms with van der Waals surface area (Å²) in [6.07, 6.45) is -2.06. The van der Waals surface area contributed by atoms with Gasteiger partial charge in [0.1, 0.15) is 61.2 Å². The number of halogens is 1. The topological polar surface area (TPSA) is 102 Å². The molecule has 41 heavy (non-hydrogen) atoms. The number of hydrogen-bond acceptors (Lipinski definition) is 9. The van der Waals surface area contributed by atoms with Crippen LogP contribution >= 0.6 is 0 Å². The number of benzene rings is 3. The molecule has 4 rings (SSSR count). The van der Waals surface area contributed by atoms with Gasteiger partial charge in [-0.25, -0.2) is 14.0 Å². The van der Waals surface area contributed by atoms with E-state index in [9.17, 15) is 9.59 Å². The van der Waals surface area contributed by atoms with E-state index in [1.807, 2.05) is 36.4 Å². The summed E-state index contributed by atoms with van der Waals surface area (Å²) >= 11 is 0. The van der Waals surface area contributed by atoms with Crippen LogP contribution in [0.15, 0.2) is 108 Å². The molecule has 9 nitrogen and oxygen atoms in total. The van der Waals surface area contributed by atoms with Gasteiger partial charge in [-0.15, -0.1) is 0 Å². The lowest BCUT2D eigenvalue weighted by molar-refractivity contribution is 0.0510. The highest BCUT2D eigenvalue weighted by Crippen LogP contribution is 2.40. The van der Waals surface area contributed by atoms with E-state index in [0.717, 1.165) is 0 Å². The molecule has 1 heterocycles. The summed E-state index contributed by atoms with van der Waals surface area (Å²) in [4.78, 5) is 25.2. The minimum atomic E-state index is -1.08. The number of carbonyl (C=O) groups excluding carboxylic acids is 2. The number of hydrogen-bond donors (Lipinski definition) is 1. The lowest BCUT2D eigenvalue weighted by atomic mass is 9.90. The van der Waals surface area contributed by atoms with E-state index >= 15 is 4.39 Å². The largest absolute Gasteiger partial charge is 0.513 e. The Morgan fingerprint density at radius 3 is 1.56 bits per heavy atom. The fourth-order valence-corrected chi connectivity index (χ4v) is 4.06. The van der Waals surface area contributed by atoms with E-state index in [1.165, 1.54) is 18.2 Å². The Balaban J connectivity index is 1.41. The van der Waals surface area contributed by atoms with Gasteiger partial charge in [0, 0.05) is 5.56 Å². The predicted octanol–water partition coefficient (Wildman–Crippen LogP) is 6.44. The molecule has 0 aliphatic carbocycles. The Bertz CT molecular complexity index is 1310. The molecule has 214 valence electrons. The smallest absolute Gasteiger partial charge is 0.490 e. The summed E-state index contributed by atoms with van der Waals surface area (Å²) in [5, 5.41) is 3.01. The summed E-state index contributed by atoms with van der Waals surface area (Å²) in [5.41, 5.74) is 0.938. The molecule has 0 aromatic heterocycles. The van der Waals surface area contributed by atoms with Crippen molar-refractivity contribution in [2.24, 2.45) is 0 Å². The van der Waals surface area contributed by atoms with Crippen LogP contribution in [0.4, 0.5) is 14.0 Å². The maximum absolute atomic E-state index is 15.0. The molecule has 0 spiro atoms. The molecule has 0 saturated heterocycles. The van der Waals surface area contributed by atoms with Gasteiger partial charge in [-0.3, -0.25) is 0 Å². The minimum Gasteiger partial charge on any atom is -0.490 e. The molecular formula is C31H30FNO8. The number of ether oxygens (including phenoxy) is 6. The predicted molar refractivity (Wildman–Crippen MR) is 146 cm³/mol. The van der Waals surface area contributed by atoms with Crippen LogP contribution < -0.4 is 14.8 Å². The van der Waals surface area contributed by atoms with Crippen molar-refractivity contribution in [3.05, 3.63) is 119 Å². The second-order valence-electron chi connectivity index (χ2n) is 8.78. The Kier molecular flexibility index (Phi) is 10.2. The van der Waals surface area contributed by atoms with Gasteiger partial charge in [0.05, 0.1) is 11.4 Å². The summed E-state index contributed by atoms with van der Waals surface area (Å²) < 4.78 is 47.5. The first-order chi connectivity index (χ1) is 19.9. The average Bonchev–Trinajstić information content (AvgIpc) is 2.98. The quantitative estimate of drug-likeness (QED) is 0.209. The Labute approximate surface area is 237 Å². The van der Waals surface area contributed by atoms with Crippen LogP contribution in [0.5, 0.6) is 11.5 Å². The molecular weight excluding hydrogens is 533 g/mol. The molecule has 3 aromatic carbocycles. The molecule has 0 saturated carbocycles. The zero-order valence-corrected chi connectivity index (χ0v) is 22.6. The highest BCUT2D eigenvalue weighted by molar-refractivity contribution is 5.65. The molecule has 0 radical (unpaired) electrons. The van der Waals surface area contributed by atoms with Gasteiger partial charge in [-0.05, 0) is 44.2 Å². The average molecular weight is 564 g/mol. The normalized spacial score (nSPS) is 13.2. The van der Waals surface area contributed by atoms with Crippen molar-refractivity contribution in [1.29, 1.82) is 0 Å². The van der Waals surface area contributed by atoms with Crippen molar-refractivity contribution < 1.29 is 42.4 Å². The van der Waals surface area contributed by atoms with Crippen molar-refractivity contribution in [2.75, 3.05) is 26.4 Å². The summed E-state index contributed by atoms with van der Waals surface area (Å²) in [5.74, 6) is -0.412. The number of rotatable bonds is 11. The Hall–Kier alpha value is -4.99. The van der Waals surface area contributed by atoms with Crippen LogP contribution in [-0.2, 0) is 18.9 Å². The fraction of sp³-hybridized carbons (Fsp3) is 0.226. The van der Waals surface area contributed by atoms with E-state index in [-0.39, 0.29) is 43.5 Å². The molecule has 3 aromatic rings. The van der Waals surface area contributed by atoms with Crippen LogP contribution in [0.2, 0.25) is 0 Å². The lowest BCUT2D eigenvalue weighted by Crippen LogP contribution is -2.30. The first kappa shape index (κ1) is 29.0. The first-order valence-corrected chi connectivity index (χ1v) is 12.9. The monoisotopic (exact) mass is 563 g/mol. The number of dihydropyridines is 1. The molecule has 0 bridgehead atoms. The lowest BCUT2D eigenvalue weighted by Gasteiger charge is -2.30. The fourth-order valence-electron chi connectivity index (χ4n) is 4.06. The number of para-hydroxylation sites is 2. The van der Waals surface area contributed by atoms with Gasteiger partial charge in [0.2, 0.25) is 0 Å². The van der Waals surface area contributed by atoms with Gasteiger partial charge in [0.15, 0.2) is 0 Å². The molecule has 0 amide bonds. The first-order valence-electron chi connectivity index (χ1n) is 12.9. The van der Waals surface area contributed by atoms with E-state index in [2.05, 4.69) is 5.32 Å². The van der Waals surface area contributed by atoms with Crippen LogP contribution in [0.3, 0.4) is 0 Å². The van der Waals surface area contributed by atoms with Crippen molar-refractivity contribution in [3.8, 4) is 11.5 Å². The maximum atomic E-state index is 15.0. The number of allylic oxidation sites excluding steroid dienone is 2. The summed E-state index contributed by atoms with van der Waals surface area (Å²) in [7, 11) is 0. The molecule has 1 aliphatic rings. The molecule has 10 heteroatoms. The van der Waals surface area contributed by atoms with Crippen LogP contribution in [0.25, 0.3) is 0 Å². The third-order valence-corrected chi connectivity index (χ3v) is 5.87. The van der Waals surface area contributed by atoms with Crippen molar-refractivity contribution in [1.82, 2.24) is 5.32 Å². The van der Waals surface area contributed by atoms with Crippen molar-refractivity contribution in [2.45, 2.75) is 19.8 Å². The van der Waals surface area contributed by atoms with Gasteiger partial charge < -0.3 is 33.7 Å². The van der Waals surface area contributed by atoms with Gasteiger partial charge in [-0.2, -0.15) is 0 Å². The number of nitrogens with one attached hydrogen (secondary N) is 1. The maximum Gasteiger partial charge on any atom is 0.513 e. The number of carbonyl (C=O) groups is 2. The van der Waals surface area contributed by atoms with E-state index in [4.69, 9.17) is 28.4 Å². The highest BCUT2D eigenvalue weighted by atomic mass is 19.1. The zero-order chi connectivity index (χ0) is 29.0. The van der Waals surface area contributed by atoms with Crippen LogP contribution in [-0.4, -0.2) is 38.7 Å². The minimum absolute atomic E-state index is 0.00453. The third kappa shape index (κ3) is 8.25. The highest BCUT2D eigenvalue weighted by Gasteiger charge is 2.37. The zero-order valence-electron chi connectivity index (χ0n) is 22.6. The standard InChI is InChI=1S/C31H30FNO8/c1-21-28(40-30(34)38-19-17-36-23-11-5-3-6-12-23)27(25-15-9-10-16-26(25)32)29(22(2)33-21)41-31(35)39-20-18-37-24-13-7-4-8-14-24/h3-16,27,33H,17-20H2,1-2H3. The second-order valence-corrected chi connectivity index (χ2v) is 8.78. The van der Waals surface area contributed by atoms with E-state index in [1.54, 1.807) is 44.2 Å². The molecule has 1 aliphatic heterocycles. The van der Waals surface area contributed by atoms with Gasteiger partial charge >= 0.3 is 12.3 Å². The van der Waals surface area contributed by atoms with Gasteiger partial charge in [-0.1, -0.05) is 54.6 Å². The van der Waals surface area contributed by atoms with Crippen molar-refractivity contribution >= 4 is 12.3 Å². The van der Waals surface area contributed by atoms with Crippen LogP contribution in [0.1, 0.15) is 25.3 Å². The summed E-state index contributed by atoms with van der Waals surface area (Å²) in [6.45, 7) is 3.31. The molecule has 0 atom stereocenters. The SMILES string of the molecule is CC1=C(OC(=O)OCCOc2ccccc2)C(c2ccccc2F)C(OC(=O)OCCOc2ccccc2)=C(C)N1. The molecule has 0 fully saturated rings. The van der Waals surface area contributed by atoms with E-state index < -0.39 is 24.0 Å². The van der Waals surface area contributed by atoms with E-state index in [0.29, 0.717) is 22.9 Å². The van der Waals surface area contributed by atoms with Gasteiger partial charge in [0.25, 0.3) is 0 Å².